The number of rotatable bonds is 3. The molecule has 0 saturated carbocycles. The minimum Gasteiger partial charge on any atom is -0.397 e. The predicted molar refractivity (Wildman–Crippen MR) is 101 cm³/mol. The molecule has 0 fully saturated rings. The molecule has 1 amide bonds. The SMILES string of the molecule is Nc1ccc(-c2cncs2)cc1NC(=O)c1ccc2c(n1)CCCC2. The highest BCUT2D eigenvalue weighted by molar-refractivity contribution is 7.13. The van der Waals surface area contributed by atoms with E-state index in [4.69, 9.17) is 5.73 Å². The van der Waals surface area contributed by atoms with Gasteiger partial charge in [0.2, 0.25) is 0 Å². The molecule has 0 bridgehead atoms. The van der Waals surface area contributed by atoms with Crippen LogP contribution in [0.2, 0.25) is 0 Å². The number of nitrogens with one attached hydrogen (secondary N) is 1. The molecule has 6 heteroatoms. The van der Waals surface area contributed by atoms with Gasteiger partial charge in [0.15, 0.2) is 0 Å². The van der Waals surface area contributed by atoms with Crippen molar-refractivity contribution < 1.29 is 4.79 Å². The maximum Gasteiger partial charge on any atom is 0.274 e. The van der Waals surface area contributed by atoms with Crippen LogP contribution in [0.25, 0.3) is 10.4 Å². The summed E-state index contributed by atoms with van der Waals surface area (Å²) < 4.78 is 0. The largest absolute Gasteiger partial charge is 0.397 e. The van der Waals surface area contributed by atoms with Gasteiger partial charge in [-0.25, -0.2) is 4.98 Å². The van der Waals surface area contributed by atoms with Crippen molar-refractivity contribution in [1.29, 1.82) is 0 Å². The molecule has 0 unspecified atom stereocenters. The van der Waals surface area contributed by atoms with E-state index < -0.39 is 0 Å². The van der Waals surface area contributed by atoms with Crippen molar-refractivity contribution in [3.05, 3.63) is 59.0 Å². The Morgan fingerprint density at radius 2 is 2.04 bits per heavy atom. The molecule has 0 saturated heterocycles. The van der Waals surface area contributed by atoms with Crippen molar-refractivity contribution in [2.24, 2.45) is 0 Å². The molecular weight excluding hydrogens is 332 g/mol. The first-order chi connectivity index (χ1) is 12.2. The van der Waals surface area contributed by atoms with E-state index in [9.17, 15) is 4.79 Å². The normalized spacial score (nSPS) is 13.3. The summed E-state index contributed by atoms with van der Waals surface area (Å²) in [6, 6.07) is 9.41. The fourth-order valence-corrected chi connectivity index (χ4v) is 3.69. The number of aromatic nitrogens is 2. The standard InChI is InChI=1S/C19H18N4OS/c20-14-7-5-13(18-10-21-11-25-18)9-17(14)23-19(24)16-8-6-12-3-1-2-4-15(12)22-16/h5-11H,1-4,20H2,(H,23,24). The van der Waals surface area contributed by atoms with Crippen molar-refractivity contribution >= 4 is 28.6 Å². The molecule has 3 aromatic rings. The van der Waals surface area contributed by atoms with Crippen LogP contribution in [0.3, 0.4) is 0 Å². The number of fused-ring (bicyclic) bond motifs is 1. The Morgan fingerprint density at radius 3 is 2.88 bits per heavy atom. The van der Waals surface area contributed by atoms with Crippen LogP contribution in [0.4, 0.5) is 11.4 Å². The fraction of sp³-hybridized carbons (Fsp3) is 0.211. The third-order valence-corrected chi connectivity index (χ3v) is 5.25. The molecule has 4 rings (SSSR count). The second-order valence-electron chi connectivity index (χ2n) is 6.13. The molecule has 2 aromatic heterocycles. The highest BCUT2D eigenvalue weighted by Gasteiger charge is 2.15. The first kappa shape index (κ1) is 15.8. The first-order valence-corrected chi connectivity index (χ1v) is 9.17. The fourth-order valence-electron chi connectivity index (χ4n) is 3.07. The summed E-state index contributed by atoms with van der Waals surface area (Å²) in [5.74, 6) is -0.235. The Bertz CT molecular complexity index is 921. The van der Waals surface area contributed by atoms with Crippen molar-refractivity contribution in [2.45, 2.75) is 25.7 Å². The number of thiazole rings is 1. The quantitative estimate of drug-likeness (QED) is 0.702. The number of aryl methyl sites for hydroxylation is 2. The van der Waals surface area contributed by atoms with Crippen molar-refractivity contribution in [3.8, 4) is 10.4 Å². The number of nitrogen functional groups attached to an aromatic ring is 1. The number of amides is 1. The summed E-state index contributed by atoms with van der Waals surface area (Å²) in [6.07, 6.45) is 6.12. The average molecular weight is 350 g/mol. The Morgan fingerprint density at radius 1 is 1.16 bits per heavy atom. The van der Waals surface area contributed by atoms with Crippen LogP contribution in [0.1, 0.15) is 34.6 Å². The van der Waals surface area contributed by atoms with Gasteiger partial charge in [0.25, 0.3) is 5.91 Å². The lowest BCUT2D eigenvalue weighted by molar-refractivity contribution is 0.102. The van der Waals surface area contributed by atoms with Gasteiger partial charge in [-0.2, -0.15) is 0 Å². The predicted octanol–water partition coefficient (Wildman–Crippen LogP) is 3.92. The number of carbonyl (C=O) groups excluding carboxylic acids is 1. The molecular formula is C19H18N4OS. The van der Waals surface area contributed by atoms with Gasteiger partial charge >= 0.3 is 0 Å². The summed E-state index contributed by atoms with van der Waals surface area (Å²) in [7, 11) is 0. The highest BCUT2D eigenvalue weighted by atomic mass is 32.1. The number of nitrogens with zero attached hydrogens (tertiary/aromatic N) is 2. The maximum atomic E-state index is 12.6. The van der Waals surface area contributed by atoms with E-state index in [-0.39, 0.29) is 5.91 Å². The molecule has 0 aliphatic heterocycles. The summed E-state index contributed by atoms with van der Waals surface area (Å²) in [6.45, 7) is 0. The third kappa shape index (κ3) is 3.25. The summed E-state index contributed by atoms with van der Waals surface area (Å²) in [4.78, 5) is 22.3. The van der Waals surface area contributed by atoms with Crippen LogP contribution in [-0.4, -0.2) is 15.9 Å². The lowest BCUT2D eigenvalue weighted by atomic mass is 9.96. The number of anilines is 2. The second kappa shape index (κ2) is 6.64. The van der Waals surface area contributed by atoms with Gasteiger partial charge < -0.3 is 11.1 Å². The Labute approximate surface area is 149 Å². The molecule has 25 heavy (non-hydrogen) atoms. The van der Waals surface area contributed by atoms with E-state index in [1.807, 2.05) is 18.2 Å². The average Bonchev–Trinajstić information content (AvgIpc) is 3.18. The van der Waals surface area contributed by atoms with E-state index in [1.165, 1.54) is 12.0 Å². The minimum atomic E-state index is -0.235. The molecule has 1 aliphatic rings. The van der Waals surface area contributed by atoms with E-state index in [0.29, 0.717) is 17.1 Å². The van der Waals surface area contributed by atoms with E-state index >= 15 is 0 Å². The van der Waals surface area contributed by atoms with Crippen LogP contribution in [-0.2, 0) is 12.8 Å². The number of hydrogen-bond donors (Lipinski definition) is 2. The molecule has 5 nitrogen and oxygen atoms in total. The van der Waals surface area contributed by atoms with Crippen LogP contribution < -0.4 is 11.1 Å². The Kier molecular flexibility index (Phi) is 4.19. The summed E-state index contributed by atoms with van der Waals surface area (Å²) in [5.41, 5.74) is 12.6. The van der Waals surface area contributed by atoms with Crippen LogP contribution >= 0.6 is 11.3 Å². The summed E-state index contributed by atoms with van der Waals surface area (Å²) in [5, 5.41) is 2.89. The molecule has 0 atom stereocenters. The molecule has 1 aromatic carbocycles. The van der Waals surface area contributed by atoms with E-state index in [1.54, 1.807) is 35.2 Å². The Balaban J connectivity index is 1.59. The lowest BCUT2D eigenvalue weighted by Crippen LogP contribution is -2.17. The van der Waals surface area contributed by atoms with Crippen LogP contribution in [0.15, 0.2) is 42.0 Å². The lowest BCUT2D eigenvalue weighted by Gasteiger charge is -2.15. The smallest absolute Gasteiger partial charge is 0.274 e. The molecule has 0 spiro atoms. The molecule has 3 N–H and O–H groups in total. The van der Waals surface area contributed by atoms with Gasteiger partial charge in [0.05, 0.1) is 21.8 Å². The number of carbonyl (C=O) groups is 1. The number of benzene rings is 1. The monoisotopic (exact) mass is 350 g/mol. The van der Waals surface area contributed by atoms with Gasteiger partial charge in [-0.05, 0) is 55.0 Å². The van der Waals surface area contributed by atoms with Gasteiger partial charge in [-0.1, -0.05) is 12.1 Å². The minimum absolute atomic E-state index is 0.235. The zero-order valence-corrected chi connectivity index (χ0v) is 14.5. The van der Waals surface area contributed by atoms with Crippen molar-refractivity contribution in [3.63, 3.8) is 0 Å². The molecule has 0 radical (unpaired) electrons. The third-order valence-electron chi connectivity index (χ3n) is 4.43. The number of pyridine rings is 1. The zero-order valence-electron chi connectivity index (χ0n) is 13.7. The Hall–Kier alpha value is -2.73. The van der Waals surface area contributed by atoms with Crippen molar-refractivity contribution in [2.75, 3.05) is 11.1 Å². The van der Waals surface area contributed by atoms with E-state index in [2.05, 4.69) is 15.3 Å². The number of hydrogen-bond acceptors (Lipinski definition) is 5. The van der Waals surface area contributed by atoms with Crippen LogP contribution in [0.5, 0.6) is 0 Å². The van der Waals surface area contributed by atoms with E-state index in [0.717, 1.165) is 35.4 Å². The van der Waals surface area contributed by atoms with Gasteiger partial charge in [0, 0.05) is 11.9 Å². The maximum absolute atomic E-state index is 12.6. The second-order valence-corrected chi connectivity index (χ2v) is 7.02. The van der Waals surface area contributed by atoms with Gasteiger partial charge in [-0.3, -0.25) is 9.78 Å². The first-order valence-electron chi connectivity index (χ1n) is 8.29. The number of nitrogens with two attached hydrogens (primary N) is 1. The highest BCUT2D eigenvalue weighted by Crippen LogP contribution is 2.29. The molecule has 126 valence electrons. The topological polar surface area (TPSA) is 80.9 Å². The molecule has 1 aliphatic carbocycles. The summed E-state index contributed by atoms with van der Waals surface area (Å²) >= 11 is 1.54. The zero-order chi connectivity index (χ0) is 17.2. The molecule has 2 heterocycles. The van der Waals surface area contributed by atoms with Crippen molar-refractivity contribution in [1.82, 2.24) is 9.97 Å². The van der Waals surface area contributed by atoms with Gasteiger partial charge in [0.1, 0.15) is 5.69 Å². The van der Waals surface area contributed by atoms with Gasteiger partial charge in [-0.15, -0.1) is 11.3 Å². The van der Waals surface area contributed by atoms with Crippen LogP contribution in [0, 0.1) is 0 Å².